The molecule has 2 bridgehead atoms. The molecule has 3 unspecified atom stereocenters. The smallest absolute Gasteiger partial charge is 0.248 e. The number of aliphatic hydroxyl groups is 1. The van der Waals surface area contributed by atoms with Gasteiger partial charge in [0.2, 0.25) is 17.7 Å². The minimum atomic E-state index is -1.11. The fraction of sp³-hybridized carbons (Fsp3) is 0.581. The summed E-state index contributed by atoms with van der Waals surface area (Å²) in [5.41, 5.74) is -0.384. The normalized spacial score (nSPS) is 28.6. The number of fused-ring (bicyclic) bond motifs is 1. The van der Waals surface area contributed by atoms with Gasteiger partial charge in [0.15, 0.2) is 0 Å². The van der Waals surface area contributed by atoms with E-state index >= 15 is 0 Å². The summed E-state index contributed by atoms with van der Waals surface area (Å²) < 4.78 is 6.63. The number of para-hydroxylation sites is 1. The number of hydrogen-bond donors (Lipinski definition) is 1. The predicted octanol–water partition coefficient (Wildman–Crippen LogP) is 3.55. The number of aliphatic hydroxyl groups excluding tert-OH is 1. The third-order valence-corrected chi connectivity index (χ3v) is 8.83. The van der Waals surface area contributed by atoms with Crippen molar-refractivity contribution in [1.29, 1.82) is 0 Å². The zero-order valence-corrected chi connectivity index (χ0v) is 23.5. The van der Waals surface area contributed by atoms with Crippen molar-refractivity contribution in [2.24, 2.45) is 11.8 Å². The van der Waals surface area contributed by atoms with Gasteiger partial charge in [-0.05, 0) is 44.7 Å². The molecule has 0 radical (unpaired) electrons. The van der Waals surface area contributed by atoms with Gasteiger partial charge in [0, 0.05) is 24.8 Å². The van der Waals surface area contributed by atoms with Crippen molar-refractivity contribution in [3.05, 3.63) is 55.6 Å². The van der Waals surface area contributed by atoms with Crippen LogP contribution in [0.2, 0.25) is 0 Å². The molecule has 3 aliphatic heterocycles. The van der Waals surface area contributed by atoms with E-state index in [1.54, 1.807) is 26.9 Å². The van der Waals surface area contributed by atoms with Gasteiger partial charge in [0.05, 0.1) is 30.6 Å². The van der Waals surface area contributed by atoms with Gasteiger partial charge in [-0.25, -0.2) is 0 Å². The van der Waals surface area contributed by atoms with Crippen LogP contribution in [0, 0.1) is 11.8 Å². The van der Waals surface area contributed by atoms with E-state index in [1.165, 1.54) is 0 Å². The van der Waals surface area contributed by atoms with Crippen LogP contribution in [-0.4, -0.2) is 82.2 Å². The molecule has 1 N–H and O–H groups in total. The molecule has 3 saturated heterocycles. The summed E-state index contributed by atoms with van der Waals surface area (Å²) in [6.45, 7) is 14.1. The van der Waals surface area contributed by atoms with Crippen molar-refractivity contribution < 1.29 is 24.2 Å². The Balaban J connectivity index is 1.78. The second-order valence-corrected chi connectivity index (χ2v) is 11.0. The van der Waals surface area contributed by atoms with Crippen molar-refractivity contribution in [2.75, 3.05) is 24.6 Å². The Bertz CT molecular complexity index is 1070. The first-order valence-corrected chi connectivity index (χ1v) is 14.3. The molecule has 3 amide bonds. The first kappa shape index (κ1) is 29.0. The molecule has 212 valence electrons. The van der Waals surface area contributed by atoms with Crippen molar-refractivity contribution in [3.8, 4) is 0 Å². The van der Waals surface area contributed by atoms with Gasteiger partial charge in [-0.1, -0.05) is 50.6 Å². The van der Waals surface area contributed by atoms with Crippen molar-refractivity contribution >= 4 is 23.4 Å². The van der Waals surface area contributed by atoms with Gasteiger partial charge in [-0.15, -0.1) is 13.2 Å². The number of rotatable bonds is 13. The van der Waals surface area contributed by atoms with E-state index in [2.05, 4.69) is 20.1 Å². The van der Waals surface area contributed by atoms with Crippen molar-refractivity contribution in [2.45, 2.75) is 82.7 Å². The van der Waals surface area contributed by atoms with E-state index in [0.29, 0.717) is 32.4 Å². The number of amides is 3. The van der Waals surface area contributed by atoms with Crippen LogP contribution in [0.3, 0.4) is 0 Å². The number of carbonyl (C=O) groups excluding carboxylic acids is 3. The Morgan fingerprint density at radius 3 is 2.46 bits per heavy atom. The minimum absolute atomic E-state index is 0.0562. The maximum absolute atomic E-state index is 14.4. The Morgan fingerprint density at radius 1 is 1.18 bits per heavy atom. The van der Waals surface area contributed by atoms with E-state index in [-0.39, 0.29) is 30.4 Å². The zero-order chi connectivity index (χ0) is 28.3. The molecule has 1 aromatic rings. The van der Waals surface area contributed by atoms with Crippen LogP contribution in [0.25, 0.3) is 0 Å². The molecular weight excluding hydrogens is 494 g/mol. The van der Waals surface area contributed by atoms with E-state index in [9.17, 15) is 19.5 Å². The fourth-order valence-corrected chi connectivity index (χ4v) is 7.06. The molecule has 39 heavy (non-hydrogen) atoms. The Kier molecular flexibility index (Phi) is 8.96. The van der Waals surface area contributed by atoms with Gasteiger partial charge < -0.3 is 24.5 Å². The summed E-state index contributed by atoms with van der Waals surface area (Å²) in [6, 6.07) is 7.84. The number of nitrogens with zero attached hydrogens (tertiary/aromatic N) is 3. The molecule has 8 heteroatoms. The Morgan fingerprint density at radius 2 is 1.87 bits per heavy atom. The molecule has 8 nitrogen and oxygen atoms in total. The highest BCUT2D eigenvalue weighted by Crippen LogP contribution is 2.59. The quantitative estimate of drug-likeness (QED) is 0.389. The molecule has 4 rings (SSSR count). The lowest BCUT2D eigenvalue weighted by Gasteiger charge is -2.40. The van der Waals surface area contributed by atoms with Crippen molar-refractivity contribution in [1.82, 2.24) is 9.80 Å². The lowest BCUT2D eigenvalue weighted by atomic mass is 9.70. The van der Waals surface area contributed by atoms with E-state index < -0.39 is 35.6 Å². The molecule has 1 aromatic carbocycles. The van der Waals surface area contributed by atoms with Crippen LogP contribution >= 0.6 is 0 Å². The molecule has 3 fully saturated rings. The lowest BCUT2D eigenvalue weighted by molar-refractivity contribution is -0.152. The van der Waals surface area contributed by atoms with E-state index in [0.717, 1.165) is 18.5 Å². The van der Waals surface area contributed by atoms with Crippen LogP contribution in [0.4, 0.5) is 5.69 Å². The summed E-state index contributed by atoms with van der Waals surface area (Å²) in [5.74, 6) is -2.18. The summed E-state index contributed by atoms with van der Waals surface area (Å²) in [4.78, 5) is 47.9. The molecule has 3 heterocycles. The average molecular weight is 538 g/mol. The predicted molar refractivity (Wildman–Crippen MR) is 151 cm³/mol. The van der Waals surface area contributed by atoms with Crippen LogP contribution in [0.5, 0.6) is 0 Å². The summed E-state index contributed by atoms with van der Waals surface area (Å²) >= 11 is 0. The Labute approximate surface area is 232 Å². The number of benzene rings is 1. The van der Waals surface area contributed by atoms with E-state index in [1.807, 2.05) is 44.2 Å². The summed E-state index contributed by atoms with van der Waals surface area (Å²) in [7, 11) is 0. The second-order valence-electron chi connectivity index (χ2n) is 11.0. The minimum Gasteiger partial charge on any atom is -0.394 e. The van der Waals surface area contributed by atoms with Gasteiger partial charge in [0.1, 0.15) is 11.6 Å². The molecule has 0 aliphatic carbocycles. The lowest BCUT2D eigenvalue weighted by Crippen LogP contribution is -2.60. The summed E-state index contributed by atoms with van der Waals surface area (Å²) in [6.07, 6.45) is 6.24. The van der Waals surface area contributed by atoms with Gasteiger partial charge in [-0.2, -0.15) is 0 Å². The van der Waals surface area contributed by atoms with Crippen LogP contribution in [0.15, 0.2) is 55.6 Å². The first-order chi connectivity index (χ1) is 18.8. The highest BCUT2D eigenvalue weighted by atomic mass is 16.5. The number of ether oxygens (including phenoxy) is 1. The monoisotopic (exact) mass is 537 g/mol. The first-order valence-electron chi connectivity index (χ1n) is 14.3. The molecule has 3 aliphatic rings. The van der Waals surface area contributed by atoms with Gasteiger partial charge >= 0.3 is 0 Å². The highest BCUT2D eigenvalue weighted by molar-refractivity contribution is 6.03. The number of carbonyl (C=O) groups is 3. The number of anilines is 1. The van der Waals surface area contributed by atoms with Gasteiger partial charge in [0.25, 0.3) is 0 Å². The standard InChI is InChI=1S/C31H43N3O5/c1-6-13-21(5)32(18-7-2)30(38)27-31-17-16-24(39-31)25(26(31)29(37)34(27)22(9-4)20-35)28(36)33(19-8-3)23-14-11-10-12-15-23/h7-8,10-12,14-15,21-22,24-27,35H,2-3,6,9,13,16-20H2,1,4-5H3/t21?,22-,24-,25+,26-,27?,31?/m0/s1. The molecule has 0 aromatic heterocycles. The average Bonchev–Trinajstić information content (AvgIpc) is 3.59. The third kappa shape index (κ3) is 4.82. The van der Waals surface area contributed by atoms with E-state index in [4.69, 9.17) is 4.74 Å². The highest BCUT2D eigenvalue weighted by Gasteiger charge is 2.75. The molecule has 1 spiro atoms. The maximum Gasteiger partial charge on any atom is 0.248 e. The summed E-state index contributed by atoms with van der Waals surface area (Å²) in [5, 5.41) is 10.3. The molecular formula is C31H43N3O5. The topological polar surface area (TPSA) is 90.4 Å². The number of hydrogen-bond acceptors (Lipinski definition) is 5. The molecule has 7 atom stereocenters. The third-order valence-electron chi connectivity index (χ3n) is 8.83. The van der Waals surface area contributed by atoms with Crippen LogP contribution in [0.1, 0.15) is 52.9 Å². The van der Waals surface area contributed by atoms with Crippen LogP contribution in [-0.2, 0) is 19.1 Å². The molecule has 0 saturated carbocycles. The maximum atomic E-state index is 14.4. The SMILES string of the molecule is C=CCN(C(=O)[C@@H]1[C@@H]2CCC3(O2)C(C(=O)N(CC=C)C(C)CCC)N([C@@H](CC)CO)C(=O)[C@H]13)c1ccccc1. The Hall–Kier alpha value is -2.97. The zero-order valence-electron chi connectivity index (χ0n) is 23.5. The number of likely N-dealkylation sites (tertiary alicyclic amines) is 1. The van der Waals surface area contributed by atoms with Crippen molar-refractivity contribution in [3.63, 3.8) is 0 Å². The van der Waals surface area contributed by atoms with Gasteiger partial charge in [-0.3, -0.25) is 14.4 Å². The van der Waals surface area contributed by atoms with Crippen LogP contribution < -0.4 is 4.90 Å². The second kappa shape index (κ2) is 12.0. The fourth-order valence-electron chi connectivity index (χ4n) is 7.06. The largest absolute Gasteiger partial charge is 0.394 e.